The Bertz CT molecular complexity index is 1070. The van der Waals surface area contributed by atoms with E-state index in [0.29, 0.717) is 18.4 Å². The number of benzene rings is 2. The van der Waals surface area contributed by atoms with Gasteiger partial charge in [0.15, 0.2) is 5.78 Å². The van der Waals surface area contributed by atoms with Crippen LogP contribution < -0.4 is 10.6 Å². The van der Waals surface area contributed by atoms with Crippen molar-refractivity contribution in [2.45, 2.75) is 45.6 Å². The lowest BCUT2D eigenvalue weighted by molar-refractivity contribution is -0.131. The second kappa shape index (κ2) is 9.94. The quantitative estimate of drug-likeness (QED) is 0.439. The first-order valence-electron chi connectivity index (χ1n) is 11.0. The van der Waals surface area contributed by atoms with Crippen molar-refractivity contribution in [3.05, 3.63) is 65.5 Å². The molecule has 1 fully saturated rings. The van der Waals surface area contributed by atoms with Crippen molar-refractivity contribution in [1.29, 1.82) is 0 Å². The number of nitrogens with one attached hydrogen (secondary N) is 2. The fourth-order valence-corrected chi connectivity index (χ4v) is 4.01. The number of rotatable bonds is 9. The predicted octanol–water partition coefficient (Wildman–Crippen LogP) is 4.24. The van der Waals surface area contributed by atoms with Crippen LogP contribution in [-0.2, 0) is 15.1 Å². The van der Waals surface area contributed by atoms with Crippen molar-refractivity contribution in [2.24, 2.45) is 5.92 Å². The number of hydrogen-bond donors (Lipinski definition) is 2. The summed E-state index contributed by atoms with van der Waals surface area (Å²) in [4.78, 5) is 51.5. The van der Waals surface area contributed by atoms with Gasteiger partial charge in [0.2, 0.25) is 5.91 Å². The highest BCUT2D eigenvalue weighted by atomic mass is 19.1. The van der Waals surface area contributed by atoms with Crippen LogP contribution in [-0.4, -0.2) is 35.1 Å². The van der Waals surface area contributed by atoms with E-state index in [1.54, 1.807) is 24.3 Å². The van der Waals surface area contributed by atoms with Gasteiger partial charge in [-0.2, -0.15) is 0 Å². The molecule has 2 aromatic carbocycles. The molecule has 0 aliphatic carbocycles. The van der Waals surface area contributed by atoms with Crippen LogP contribution in [0.15, 0.2) is 48.5 Å². The van der Waals surface area contributed by atoms with Gasteiger partial charge in [-0.3, -0.25) is 19.3 Å². The molecule has 4 amide bonds. The van der Waals surface area contributed by atoms with Crippen LogP contribution in [0.4, 0.5) is 14.9 Å². The molecule has 8 heteroatoms. The number of carbonyl (C=O) groups excluding carboxylic acids is 4. The monoisotopic (exact) mass is 453 g/mol. The van der Waals surface area contributed by atoms with Crippen LogP contribution in [0.1, 0.15) is 56.0 Å². The average molecular weight is 454 g/mol. The number of imide groups is 1. The molecule has 33 heavy (non-hydrogen) atoms. The highest BCUT2D eigenvalue weighted by Crippen LogP contribution is 2.33. The first-order valence-corrected chi connectivity index (χ1v) is 11.0. The summed E-state index contributed by atoms with van der Waals surface area (Å²) in [6.45, 7) is 5.10. The van der Waals surface area contributed by atoms with Gasteiger partial charge in [0.05, 0.1) is 12.1 Å². The number of halogens is 1. The summed E-state index contributed by atoms with van der Waals surface area (Å²) in [6, 6.07) is 11.9. The molecule has 2 aromatic rings. The Morgan fingerprint density at radius 2 is 1.82 bits per heavy atom. The molecule has 174 valence electrons. The second-order valence-electron chi connectivity index (χ2n) is 8.61. The van der Waals surface area contributed by atoms with E-state index in [1.807, 2.05) is 26.8 Å². The first-order chi connectivity index (χ1) is 15.7. The Morgan fingerprint density at radius 3 is 2.42 bits per heavy atom. The molecule has 0 aromatic heterocycles. The number of hydrogen-bond acceptors (Lipinski definition) is 4. The molecule has 0 radical (unpaired) electrons. The maximum absolute atomic E-state index is 14.6. The zero-order valence-corrected chi connectivity index (χ0v) is 19.0. The molecule has 1 unspecified atom stereocenters. The van der Waals surface area contributed by atoms with Gasteiger partial charge >= 0.3 is 6.03 Å². The fourth-order valence-electron chi connectivity index (χ4n) is 4.01. The minimum atomic E-state index is -1.25. The summed E-state index contributed by atoms with van der Waals surface area (Å²) in [6.07, 6.45) is 1.28. The standard InChI is InChI=1S/C25H28FN3O4/c1-4-12-25(17-8-6-5-7-9-17)23(32)29(24(33)28-25)15-21(30)19-11-10-18(14-20(19)26)27-22(31)13-16(2)3/h5-11,14,16H,4,12-13,15H2,1-3H3,(H,27,31)(H,28,33). The van der Waals surface area contributed by atoms with Gasteiger partial charge < -0.3 is 10.6 Å². The first kappa shape index (κ1) is 24.1. The van der Waals surface area contributed by atoms with E-state index in [1.165, 1.54) is 12.1 Å². The molecule has 3 rings (SSSR count). The van der Waals surface area contributed by atoms with Crippen LogP contribution in [0.25, 0.3) is 0 Å². The SMILES string of the molecule is CCCC1(c2ccccc2)NC(=O)N(CC(=O)c2ccc(NC(=O)CC(C)C)cc2F)C1=O. The molecule has 1 aliphatic rings. The van der Waals surface area contributed by atoms with E-state index in [-0.39, 0.29) is 29.5 Å². The molecule has 1 heterocycles. The number of nitrogens with zero attached hydrogens (tertiary/aromatic N) is 1. The van der Waals surface area contributed by atoms with Crippen LogP contribution in [0.2, 0.25) is 0 Å². The van der Waals surface area contributed by atoms with Gasteiger partial charge in [-0.15, -0.1) is 0 Å². The van der Waals surface area contributed by atoms with Crippen LogP contribution in [0, 0.1) is 11.7 Å². The average Bonchev–Trinajstić information content (AvgIpc) is 2.99. The Balaban J connectivity index is 1.78. The lowest BCUT2D eigenvalue weighted by Crippen LogP contribution is -2.44. The van der Waals surface area contributed by atoms with Gasteiger partial charge in [-0.05, 0) is 36.1 Å². The fraction of sp³-hybridized carbons (Fsp3) is 0.360. The summed E-state index contributed by atoms with van der Waals surface area (Å²) in [5.74, 6) is -2.19. The molecule has 0 saturated carbocycles. The number of carbonyl (C=O) groups is 4. The zero-order chi connectivity index (χ0) is 24.2. The summed E-state index contributed by atoms with van der Waals surface area (Å²) in [7, 11) is 0. The summed E-state index contributed by atoms with van der Waals surface area (Å²) in [5, 5.41) is 5.34. The molecule has 7 nitrogen and oxygen atoms in total. The largest absolute Gasteiger partial charge is 0.326 e. The molecular formula is C25H28FN3O4. The van der Waals surface area contributed by atoms with E-state index in [4.69, 9.17) is 0 Å². The van der Waals surface area contributed by atoms with Gasteiger partial charge in [0.25, 0.3) is 5.91 Å². The van der Waals surface area contributed by atoms with Crippen LogP contribution >= 0.6 is 0 Å². The number of Topliss-reactive ketones (excluding diaryl/α,β-unsaturated/α-hetero) is 1. The molecule has 0 spiro atoms. The minimum absolute atomic E-state index is 0.149. The zero-order valence-electron chi connectivity index (χ0n) is 19.0. The van der Waals surface area contributed by atoms with Crippen molar-refractivity contribution in [3.63, 3.8) is 0 Å². The maximum Gasteiger partial charge on any atom is 0.325 e. The van der Waals surface area contributed by atoms with Gasteiger partial charge in [0, 0.05) is 12.1 Å². The lowest BCUT2D eigenvalue weighted by atomic mass is 9.85. The molecule has 0 bridgehead atoms. The molecule has 1 atom stereocenters. The van der Waals surface area contributed by atoms with Crippen LogP contribution in [0.3, 0.4) is 0 Å². The third kappa shape index (κ3) is 5.10. The van der Waals surface area contributed by atoms with E-state index in [0.717, 1.165) is 11.0 Å². The number of anilines is 1. The predicted molar refractivity (Wildman–Crippen MR) is 122 cm³/mol. The van der Waals surface area contributed by atoms with Crippen LogP contribution in [0.5, 0.6) is 0 Å². The van der Waals surface area contributed by atoms with Crippen molar-refractivity contribution in [2.75, 3.05) is 11.9 Å². The number of amides is 4. The summed E-state index contributed by atoms with van der Waals surface area (Å²) < 4.78 is 14.6. The Hall–Kier alpha value is -3.55. The Morgan fingerprint density at radius 1 is 1.12 bits per heavy atom. The maximum atomic E-state index is 14.6. The van der Waals surface area contributed by atoms with Crippen molar-refractivity contribution in [1.82, 2.24) is 10.2 Å². The van der Waals surface area contributed by atoms with Crippen molar-refractivity contribution < 1.29 is 23.6 Å². The second-order valence-corrected chi connectivity index (χ2v) is 8.61. The molecular weight excluding hydrogens is 425 g/mol. The normalized spacial score (nSPS) is 17.9. The van der Waals surface area contributed by atoms with Gasteiger partial charge in [-0.1, -0.05) is 57.5 Å². The Kier molecular flexibility index (Phi) is 7.26. The highest BCUT2D eigenvalue weighted by Gasteiger charge is 2.52. The molecule has 1 saturated heterocycles. The van der Waals surface area contributed by atoms with Gasteiger partial charge in [-0.25, -0.2) is 9.18 Å². The topological polar surface area (TPSA) is 95.6 Å². The van der Waals surface area contributed by atoms with E-state index in [2.05, 4.69) is 10.6 Å². The lowest BCUT2D eigenvalue weighted by Gasteiger charge is -2.26. The van der Waals surface area contributed by atoms with E-state index >= 15 is 0 Å². The van der Waals surface area contributed by atoms with Gasteiger partial charge in [0.1, 0.15) is 11.4 Å². The van der Waals surface area contributed by atoms with E-state index in [9.17, 15) is 23.6 Å². The smallest absolute Gasteiger partial charge is 0.325 e. The van der Waals surface area contributed by atoms with E-state index < -0.39 is 35.6 Å². The molecule has 2 N–H and O–H groups in total. The molecule has 1 aliphatic heterocycles. The highest BCUT2D eigenvalue weighted by molar-refractivity contribution is 6.11. The number of urea groups is 1. The third-order valence-electron chi connectivity index (χ3n) is 5.52. The van der Waals surface area contributed by atoms with Crippen molar-refractivity contribution >= 4 is 29.3 Å². The summed E-state index contributed by atoms with van der Waals surface area (Å²) in [5.41, 5.74) is -0.648. The van der Waals surface area contributed by atoms with Crippen molar-refractivity contribution in [3.8, 4) is 0 Å². The minimum Gasteiger partial charge on any atom is -0.326 e. The number of ketones is 1. The Labute approximate surface area is 192 Å². The third-order valence-corrected chi connectivity index (χ3v) is 5.52. The summed E-state index contributed by atoms with van der Waals surface area (Å²) >= 11 is 0.